The van der Waals surface area contributed by atoms with Gasteiger partial charge in [-0.25, -0.2) is 13.1 Å². The van der Waals surface area contributed by atoms with E-state index in [1.165, 1.54) is 11.8 Å². The van der Waals surface area contributed by atoms with Gasteiger partial charge in [-0.2, -0.15) is 0 Å². The number of benzene rings is 1. The predicted molar refractivity (Wildman–Crippen MR) is 88.9 cm³/mol. The summed E-state index contributed by atoms with van der Waals surface area (Å²) < 4.78 is 26.9. The van der Waals surface area contributed by atoms with Crippen molar-refractivity contribution in [1.29, 1.82) is 0 Å². The van der Waals surface area contributed by atoms with Gasteiger partial charge in [-0.15, -0.1) is 11.8 Å². The second kappa shape index (κ2) is 8.03. The SMILES string of the molecule is CCC(C)(CCO)NS(=O)(=O)CCSc1ccccc1N. The summed E-state index contributed by atoms with van der Waals surface area (Å²) in [5.41, 5.74) is 5.89. The molecule has 1 aromatic carbocycles. The molecule has 5 nitrogen and oxygen atoms in total. The van der Waals surface area contributed by atoms with Crippen LogP contribution < -0.4 is 10.5 Å². The number of aliphatic hydroxyl groups is 1. The summed E-state index contributed by atoms with van der Waals surface area (Å²) in [4.78, 5) is 0.890. The molecule has 0 aliphatic carbocycles. The molecule has 0 aliphatic heterocycles. The number of nitrogens with one attached hydrogen (secondary N) is 1. The molecule has 1 atom stereocenters. The van der Waals surface area contributed by atoms with Crippen molar-refractivity contribution >= 4 is 27.5 Å². The van der Waals surface area contributed by atoms with Crippen LogP contribution in [0.25, 0.3) is 0 Å². The second-order valence-electron chi connectivity index (χ2n) is 5.20. The number of hydrogen-bond acceptors (Lipinski definition) is 5. The third kappa shape index (κ3) is 6.25. The number of sulfonamides is 1. The standard InChI is InChI=1S/C14H24N2O3S2/c1-3-14(2,8-9-17)16-21(18,19)11-10-20-13-7-5-4-6-12(13)15/h4-7,16-17H,3,8-11,15H2,1-2H3. The Morgan fingerprint density at radius 2 is 2.05 bits per heavy atom. The minimum absolute atomic E-state index is 0.0209. The molecule has 1 unspecified atom stereocenters. The summed E-state index contributed by atoms with van der Waals surface area (Å²) in [5.74, 6) is 0.454. The van der Waals surface area contributed by atoms with E-state index in [0.717, 1.165) is 4.90 Å². The lowest BCUT2D eigenvalue weighted by molar-refractivity contribution is 0.233. The van der Waals surface area contributed by atoms with Gasteiger partial charge in [0, 0.05) is 28.5 Å². The van der Waals surface area contributed by atoms with Crippen LogP contribution in [0.4, 0.5) is 5.69 Å². The van der Waals surface area contributed by atoms with Crippen LogP contribution in [0, 0.1) is 0 Å². The molecule has 0 saturated carbocycles. The summed E-state index contributed by atoms with van der Waals surface area (Å²) in [7, 11) is -3.38. The highest BCUT2D eigenvalue weighted by Gasteiger charge is 2.27. The van der Waals surface area contributed by atoms with Gasteiger partial charge in [0.05, 0.1) is 5.75 Å². The molecule has 0 aromatic heterocycles. The fraction of sp³-hybridized carbons (Fsp3) is 0.571. The van der Waals surface area contributed by atoms with Gasteiger partial charge in [-0.3, -0.25) is 0 Å². The quantitative estimate of drug-likeness (QED) is 0.474. The van der Waals surface area contributed by atoms with Crippen LogP contribution in [-0.4, -0.2) is 37.2 Å². The first-order valence-corrected chi connectivity index (χ1v) is 9.55. The van der Waals surface area contributed by atoms with Crippen LogP contribution in [-0.2, 0) is 10.0 Å². The van der Waals surface area contributed by atoms with Gasteiger partial charge in [0.25, 0.3) is 0 Å². The van der Waals surface area contributed by atoms with Gasteiger partial charge >= 0.3 is 0 Å². The Morgan fingerprint density at radius 1 is 1.38 bits per heavy atom. The average Bonchev–Trinajstić information content (AvgIpc) is 2.40. The van der Waals surface area contributed by atoms with Crippen LogP contribution in [0.5, 0.6) is 0 Å². The lowest BCUT2D eigenvalue weighted by Crippen LogP contribution is -2.47. The molecule has 0 bridgehead atoms. The molecule has 0 amide bonds. The highest BCUT2D eigenvalue weighted by atomic mass is 32.2. The maximum atomic E-state index is 12.1. The fourth-order valence-electron chi connectivity index (χ4n) is 1.85. The summed E-state index contributed by atoms with van der Waals surface area (Å²) in [6.45, 7) is 3.67. The molecular formula is C14H24N2O3S2. The van der Waals surface area contributed by atoms with Crippen molar-refractivity contribution in [3.63, 3.8) is 0 Å². The largest absolute Gasteiger partial charge is 0.398 e. The number of aliphatic hydroxyl groups excluding tert-OH is 1. The Morgan fingerprint density at radius 3 is 2.62 bits per heavy atom. The van der Waals surface area contributed by atoms with E-state index in [-0.39, 0.29) is 12.4 Å². The molecule has 0 radical (unpaired) electrons. The molecule has 4 N–H and O–H groups in total. The number of hydrogen-bond donors (Lipinski definition) is 3. The van der Waals surface area contributed by atoms with Crippen molar-refractivity contribution in [2.45, 2.75) is 37.1 Å². The van der Waals surface area contributed by atoms with E-state index < -0.39 is 15.6 Å². The Balaban J connectivity index is 2.55. The van der Waals surface area contributed by atoms with Crippen LogP contribution in [0.3, 0.4) is 0 Å². The Labute approximate surface area is 131 Å². The number of para-hydroxylation sites is 1. The number of thioether (sulfide) groups is 1. The third-order valence-corrected chi connectivity index (χ3v) is 6.27. The molecule has 0 spiro atoms. The van der Waals surface area contributed by atoms with Gasteiger partial charge in [-0.05, 0) is 31.9 Å². The molecule has 7 heteroatoms. The van der Waals surface area contributed by atoms with E-state index >= 15 is 0 Å². The Kier molecular flexibility index (Phi) is 6.99. The minimum atomic E-state index is -3.38. The van der Waals surface area contributed by atoms with Crippen LogP contribution in [0.1, 0.15) is 26.7 Å². The third-order valence-electron chi connectivity index (χ3n) is 3.37. The van der Waals surface area contributed by atoms with Gasteiger partial charge in [0.15, 0.2) is 0 Å². The van der Waals surface area contributed by atoms with Crippen LogP contribution in [0.2, 0.25) is 0 Å². The lowest BCUT2D eigenvalue weighted by Gasteiger charge is -2.28. The number of nitrogen functional groups attached to an aromatic ring is 1. The molecule has 0 aliphatic rings. The summed E-state index contributed by atoms with van der Waals surface area (Å²) in [5, 5.41) is 9.03. The average molecular weight is 332 g/mol. The van der Waals surface area contributed by atoms with Crippen molar-refractivity contribution in [3.8, 4) is 0 Å². The molecule has 120 valence electrons. The van der Waals surface area contributed by atoms with Gasteiger partial charge < -0.3 is 10.8 Å². The van der Waals surface area contributed by atoms with E-state index in [9.17, 15) is 8.42 Å². The number of anilines is 1. The summed E-state index contributed by atoms with van der Waals surface area (Å²) in [6, 6.07) is 7.40. The lowest BCUT2D eigenvalue weighted by atomic mass is 9.97. The van der Waals surface area contributed by atoms with Crippen molar-refractivity contribution in [2.24, 2.45) is 0 Å². The maximum Gasteiger partial charge on any atom is 0.212 e. The van der Waals surface area contributed by atoms with Crippen molar-refractivity contribution in [3.05, 3.63) is 24.3 Å². The van der Waals surface area contributed by atoms with E-state index in [4.69, 9.17) is 10.8 Å². The molecule has 0 heterocycles. The maximum absolute atomic E-state index is 12.1. The first kappa shape index (κ1) is 18.3. The molecular weight excluding hydrogens is 308 g/mol. The van der Waals surface area contributed by atoms with E-state index in [1.54, 1.807) is 6.07 Å². The molecule has 1 rings (SSSR count). The molecule has 21 heavy (non-hydrogen) atoms. The molecule has 1 aromatic rings. The predicted octanol–water partition coefficient (Wildman–Crippen LogP) is 1.83. The Bertz CT molecular complexity index is 549. The van der Waals surface area contributed by atoms with Crippen molar-refractivity contribution in [2.75, 3.05) is 23.8 Å². The topological polar surface area (TPSA) is 92.4 Å². The molecule has 0 fully saturated rings. The Hall–Kier alpha value is -0.760. The number of rotatable bonds is 9. The first-order chi connectivity index (χ1) is 9.82. The molecule has 0 saturated heterocycles. The minimum Gasteiger partial charge on any atom is -0.398 e. The smallest absolute Gasteiger partial charge is 0.212 e. The fourth-order valence-corrected chi connectivity index (χ4v) is 4.79. The van der Waals surface area contributed by atoms with Gasteiger partial charge in [0.1, 0.15) is 0 Å². The normalized spacial score (nSPS) is 14.8. The van der Waals surface area contributed by atoms with Gasteiger partial charge in [-0.1, -0.05) is 19.1 Å². The van der Waals surface area contributed by atoms with E-state index in [0.29, 0.717) is 24.3 Å². The van der Waals surface area contributed by atoms with Crippen LogP contribution >= 0.6 is 11.8 Å². The highest BCUT2D eigenvalue weighted by molar-refractivity contribution is 8.00. The monoisotopic (exact) mass is 332 g/mol. The van der Waals surface area contributed by atoms with E-state index in [1.807, 2.05) is 32.0 Å². The van der Waals surface area contributed by atoms with Gasteiger partial charge in [0.2, 0.25) is 10.0 Å². The summed E-state index contributed by atoms with van der Waals surface area (Å²) >= 11 is 1.43. The van der Waals surface area contributed by atoms with Crippen molar-refractivity contribution < 1.29 is 13.5 Å². The second-order valence-corrected chi connectivity index (χ2v) is 8.17. The highest BCUT2D eigenvalue weighted by Crippen LogP contribution is 2.24. The van der Waals surface area contributed by atoms with E-state index in [2.05, 4.69) is 4.72 Å². The number of nitrogens with two attached hydrogens (primary N) is 1. The zero-order chi connectivity index (χ0) is 15.9. The zero-order valence-electron chi connectivity index (χ0n) is 12.5. The van der Waals surface area contributed by atoms with Crippen molar-refractivity contribution in [1.82, 2.24) is 4.72 Å². The zero-order valence-corrected chi connectivity index (χ0v) is 14.1. The summed E-state index contributed by atoms with van der Waals surface area (Å²) in [6.07, 6.45) is 1.03. The van der Waals surface area contributed by atoms with Crippen LogP contribution in [0.15, 0.2) is 29.2 Å². The first-order valence-electron chi connectivity index (χ1n) is 6.92.